The van der Waals surface area contributed by atoms with Crippen molar-refractivity contribution in [2.24, 2.45) is 0 Å². The lowest BCUT2D eigenvalue weighted by molar-refractivity contribution is 0.0731. The first kappa shape index (κ1) is 19.5. The van der Waals surface area contributed by atoms with Crippen LogP contribution in [0.25, 0.3) is 22.3 Å². The SMILES string of the molecule is COc1ccc(-c2oc3cc(C)ccc3c(=O)c2OC(=O)c2cccc(C)c2)cc1. The van der Waals surface area contributed by atoms with Crippen LogP contribution in [0.3, 0.4) is 0 Å². The molecular formula is C25H20O5. The summed E-state index contributed by atoms with van der Waals surface area (Å²) in [7, 11) is 1.57. The predicted molar refractivity (Wildman–Crippen MR) is 115 cm³/mol. The number of aryl methyl sites for hydroxylation is 2. The fourth-order valence-corrected chi connectivity index (χ4v) is 3.23. The molecule has 5 nitrogen and oxygen atoms in total. The lowest BCUT2D eigenvalue weighted by atomic mass is 10.1. The molecule has 4 rings (SSSR count). The molecular weight excluding hydrogens is 380 g/mol. The number of hydrogen-bond acceptors (Lipinski definition) is 5. The van der Waals surface area contributed by atoms with Crippen LogP contribution in [0.2, 0.25) is 0 Å². The van der Waals surface area contributed by atoms with Crippen LogP contribution in [-0.2, 0) is 0 Å². The Hall–Kier alpha value is -3.86. The van der Waals surface area contributed by atoms with E-state index in [1.807, 2.05) is 26.0 Å². The average Bonchev–Trinajstić information content (AvgIpc) is 2.75. The molecule has 150 valence electrons. The molecule has 1 heterocycles. The number of ether oxygens (including phenoxy) is 2. The standard InChI is InChI=1S/C25H20O5/c1-15-5-4-6-18(13-15)25(27)30-24-22(26)20-12-7-16(2)14-21(20)29-23(24)17-8-10-19(28-3)11-9-17/h4-14H,1-3H3. The minimum Gasteiger partial charge on any atom is -0.497 e. The van der Waals surface area contributed by atoms with Crippen molar-refractivity contribution in [1.29, 1.82) is 0 Å². The quantitative estimate of drug-likeness (QED) is 0.435. The maximum atomic E-state index is 13.2. The Labute approximate surface area is 173 Å². The van der Waals surface area contributed by atoms with E-state index in [1.54, 1.807) is 61.7 Å². The van der Waals surface area contributed by atoms with Gasteiger partial charge in [-0.1, -0.05) is 23.8 Å². The van der Waals surface area contributed by atoms with Crippen LogP contribution in [0.15, 0.2) is 75.9 Å². The van der Waals surface area contributed by atoms with Crippen molar-refractivity contribution in [3.05, 3.63) is 93.6 Å². The first-order valence-electron chi connectivity index (χ1n) is 9.47. The Morgan fingerprint density at radius 1 is 0.900 bits per heavy atom. The van der Waals surface area contributed by atoms with E-state index in [0.29, 0.717) is 27.8 Å². The third-order valence-electron chi connectivity index (χ3n) is 4.81. The molecule has 0 saturated heterocycles. The molecule has 0 N–H and O–H groups in total. The Bertz CT molecular complexity index is 1300. The number of methoxy groups -OCH3 is 1. The summed E-state index contributed by atoms with van der Waals surface area (Å²) in [6, 6.07) is 19.3. The molecule has 30 heavy (non-hydrogen) atoms. The summed E-state index contributed by atoms with van der Waals surface area (Å²) in [6.07, 6.45) is 0. The first-order chi connectivity index (χ1) is 14.5. The minimum absolute atomic E-state index is 0.136. The highest BCUT2D eigenvalue weighted by Crippen LogP contribution is 2.32. The smallest absolute Gasteiger partial charge is 0.343 e. The highest BCUT2D eigenvalue weighted by molar-refractivity contribution is 5.93. The van der Waals surface area contributed by atoms with Crippen molar-refractivity contribution in [3.63, 3.8) is 0 Å². The van der Waals surface area contributed by atoms with Crippen LogP contribution in [0.5, 0.6) is 11.5 Å². The van der Waals surface area contributed by atoms with Gasteiger partial charge in [-0.15, -0.1) is 0 Å². The maximum Gasteiger partial charge on any atom is 0.343 e. The van der Waals surface area contributed by atoms with Crippen LogP contribution >= 0.6 is 0 Å². The number of fused-ring (bicyclic) bond motifs is 1. The van der Waals surface area contributed by atoms with E-state index in [2.05, 4.69) is 0 Å². The molecule has 3 aromatic carbocycles. The lowest BCUT2D eigenvalue weighted by Gasteiger charge is -2.11. The molecule has 0 aliphatic heterocycles. The van der Waals surface area contributed by atoms with Crippen LogP contribution < -0.4 is 14.9 Å². The van der Waals surface area contributed by atoms with Gasteiger partial charge in [-0.2, -0.15) is 0 Å². The van der Waals surface area contributed by atoms with Gasteiger partial charge in [0, 0.05) is 5.56 Å². The Morgan fingerprint density at radius 3 is 2.33 bits per heavy atom. The maximum absolute atomic E-state index is 13.2. The average molecular weight is 400 g/mol. The van der Waals surface area contributed by atoms with Crippen molar-refractivity contribution in [2.75, 3.05) is 7.11 Å². The summed E-state index contributed by atoms with van der Waals surface area (Å²) in [6.45, 7) is 3.80. The van der Waals surface area contributed by atoms with Gasteiger partial charge in [0.25, 0.3) is 0 Å². The van der Waals surface area contributed by atoms with Crippen LogP contribution in [0.1, 0.15) is 21.5 Å². The molecule has 0 aliphatic carbocycles. The topological polar surface area (TPSA) is 65.7 Å². The van der Waals surface area contributed by atoms with Gasteiger partial charge in [-0.05, 0) is 67.9 Å². The van der Waals surface area contributed by atoms with Gasteiger partial charge < -0.3 is 13.9 Å². The Kier molecular flexibility index (Phi) is 5.11. The molecule has 1 aromatic heterocycles. The number of hydrogen-bond donors (Lipinski definition) is 0. The number of carbonyl (C=O) groups is 1. The van der Waals surface area contributed by atoms with Gasteiger partial charge in [-0.3, -0.25) is 4.79 Å². The molecule has 0 spiro atoms. The Morgan fingerprint density at radius 2 is 1.63 bits per heavy atom. The number of carbonyl (C=O) groups excluding carboxylic acids is 1. The van der Waals surface area contributed by atoms with Crippen LogP contribution in [-0.4, -0.2) is 13.1 Å². The molecule has 0 amide bonds. The van der Waals surface area contributed by atoms with E-state index in [1.165, 1.54) is 0 Å². The second-order valence-corrected chi connectivity index (χ2v) is 7.08. The summed E-state index contributed by atoms with van der Waals surface area (Å²) in [4.78, 5) is 26.0. The zero-order chi connectivity index (χ0) is 21.3. The highest BCUT2D eigenvalue weighted by Gasteiger charge is 2.21. The summed E-state index contributed by atoms with van der Waals surface area (Å²) < 4.78 is 16.8. The normalized spacial score (nSPS) is 10.8. The fraction of sp³-hybridized carbons (Fsp3) is 0.120. The third-order valence-corrected chi connectivity index (χ3v) is 4.81. The second kappa shape index (κ2) is 7.87. The molecule has 5 heteroatoms. The number of esters is 1. The lowest BCUT2D eigenvalue weighted by Crippen LogP contribution is -2.16. The monoisotopic (exact) mass is 400 g/mol. The second-order valence-electron chi connectivity index (χ2n) is 7.08. The van der Waals surface area contributed by atoms with E-state index >= 15 is 0 Å². The van der Waals surface area contributed by atoms with Gasteiger partial charge in [-0.25, -0.2) is 4.79 Å². The van der Waals surface area contributed by atoms with Crippen molar-refractivity contribution < 1.29 is 18.7 Å². The fourth-order valence-electron chi connectivity index (χ4n) is 3.23. The number of rotatable bonds is 4. The van der Waals surface area contributed by atoms with Gasteiger partial charge >= 0.3 is 5.97 Å². The van der Waals surface area contributed by atoms with Crippen molar-refractivity contribution in [1.82, 2.24) is 0 Å². The van der Waals surface area contributed by atoms with E-state index < -0.39 is 11.4 Å². The molecule has 0 atom stereocenters. The van der Waals surface area contributed by atoms with Crippen LogP contribution in [0.4, 0.5) is 0 Å². The van der Waals surface area contributed by atoms with Gasteiger partial charge in [0.1, 0.15) is 11.3 Å². The van der Waals surface area contributed by atoms with E-state index in [0.717, 1.165) is 11.1 Å². The van der Waals surface area contributed by atoms with Crippen LogP contribution in [0, 0.1) is 13.8 Å². The third kappa shape index (κ3) is 3.70. The summed E-state index contributed by atoms with van der Waals surface area (Å²) >= 11 is 0. The van der Waals surface area contributed by atoms with E-state index in [-0.39, 0.29) is 11.5 Å². The minimum atomic E-state index is -0.618. The van der Waals surface area contributed by atoms with E-state index in [4.69, 9.17) is 13.9 Å². The molecule has 0 aliphatic rings. The summed E-state index contributed by atoms with van der Waals surface area (Å²) in [5.41, 5.74) is 2.86. The molecule has 4 aromatic rings. The predicted octanol–water partition coefficient (Wildman–Crippen LogP) is 5.30. The molecule has 0 bridgehead atoms. The van der Waals surface area contributed by atoms with Gasteiger partial charge in [0.2, 0.25) is 11.2 Å². The molecule has 0 unspecified atom stereocenters. The molecule has 0 radical (unpaired) electrons. The van der Waals surface area contributed by atoms with Gasteiger partial charge in [0.15, 0.2) is 5.76 Å². The Balaban J connectivity index is 1.89. The number of benzene rings is 3. The largest absolute Gasteiger partial charge is 0.497 e. The summed E-state index contributed by atoms with van der Waals surface area (Å²) in [5.74, 6) is 0.105. The summed E-state index contributed by atoms with van der Waals surface area (Å²) in [5, 5.41) is 0.352. The first-order valence-corrected chi connectivity index (χ1v) is 9.47. The van der Waals surface area contributed by atoms with Gasteiger partial charge in [0.05, 0.1) is 18.1 Å². The zero-order valence-electron chi connectivity index (χ0n) is 16.9. The van der Waals surface area contributed by atoms with Crippen molar-refractivity contribution >= 4 is 16.9 Å². The zero-order valence-corrected chi connectivity index (χ0v) is 16.9. The van der Waals surface area contributed by atoms with Crippen molar-refractivity contribution in [2.45, 2.75) is 13.8 Å². The van der Waals surface area contributed by atoms with E-state index in [9.17, 15) is 9.59 Å². The highest BCUT2D eigenvalue weighted by atomic mass is 16.5. The van der Waals surface area contributed by atoms with Crippen molar-refractivity contribution in [3.8, 4) is 22.8 Å². The molecule has 0 saturated carbocycles. The molecule has 0 fully saturated rings.